The molecule has 0 saturated carbocycles. The Morgan fingerprint density at radius 3 is 2.88 bits per heavy atom. The second-order valence-electron chi connectivity index (χ2n) is 3.45. The summed E-state index contributed by atoms with van der Waals surface area (Å²) in [5.74, 6) is -1.82. The molecule has 1 aromatic rings. The molecule has 16 heavy (non-hydrogen) atoms. The quantitative estimate of drug-likeness (QED) is 0.722. The summed E-state index contributed by atoms with van der Waals surface area (Å²) in [4.78, 5) is 3.04. The number of hydrogen-bond donors (Lipinski definition) is 0. The van der Waals surface area contributed by atoms with Gasteiger partial charge in [-0.2, -0.15) is 0 Å². The van der Waals surface area contributed by atoms with Gasteiger partial charge in [-0.05, 0) is 6.07 Å². The van der Waals surface area contributed by atoms with Gasteiger partial charge < -0.3 is 9.47 Å². The highest BCUT2D eigenvalue weighted by Crippen LogP contribution is 2.33. The second kappa shape index (κ2) is 4.45. The van der Waals surface area contributed by atoms with Crippen LogP contribution in [0.3, 0.4) is 0 Å². The SMILES string of the molecule is [C-]#[N+]c1cc(F)cc(F)c1OC1CCOC1. The molecular weight excluding hydrogens is 216 g/mol. The molecule has 1 unspecified atom stereocenters. The van der Waals surface area contributed by atoms with E-state index >= 15 is 0 Å². The summed E-state index contributed by atoms with van der Waals surface area (Å²) in [6, 6.07) is 1.67. The van der Waals surface area contributed by atoms with E-state index < -0.39 is 11.6 Å². The third kappa shape index (κ3) is 2.12. The Labute approximate surface area is 91.4 Å². The first-order valence-corrected chi connectivity index (χ1v) is 4.81. The van der Waals surface area contributed by atoms with E-state index in [1.54, 1.807) is 0 Å². The van der Waals surface area contributed by atoms with Crippen molar-refractivity contribution in [3.63, 3.8) is 0 Å². The van der Waals surface area contributed by atoms with E-state index in [-0.39, 0.29) is 17.5 Å². The predicted octanol–water partition coefficient (Wildman–Crippen LogP) is 2.68. The Hall–Kier alpha value is -1.67. The normalized spacial score (nSPS) is 19.4. The van der Waals surface area contributed by atoms with Crippen LogP contribution >= 0.6 is 0 Å². The molecule has 0 bridgehead atoms. The van der Waals surface area contributed by atoms with Crippen molar-refractivity contribution in [2.75, 3.05) is 13.2 Å². The van der Waals surface area contributed by atoms with Crippen LogP contribution in [0, 0.1) is 18.2 Å². The number of hydrogen-bond acceptors (Lipinski definition) is 2. The summed E-state index contributed by atoms with van der Waals surface area (Å²) in [6.07, 6.45) is 0.384. The van der Waals surface area contributed by atoms with E-state index in [1.807, 2.05) is 0 Å². The van der Waals surface area contributed by atoms with Gasteiger partial charge in [0.15, 0.2) is 11.6 Å². The van der Waals surface area contributed by atoms with Crippen LogP contribution in [0.5, 0.6) is 5.75 Å². The second-order valence-corrected chi connectivity index (χ2v) is 3.45. The van der Waals surface area contributed by atoms with Crippen molar-refractivity contribution in [2.45, 2.75) is 12.5 Å². The molecule has 3 nitrogen and oxygen atoms in total. The average Bonchev–Trinajstić information content (AvgIpc) is 2.74. The Bertz CT molecular complexity index is 436. The van der Waals surface area contributed by atoms with Gasteiger partial charge in [0.2, 0.25) is 5.69 Å². The topological polar surface area (TPSA) is 22.8 Å². The summed E-state index contributed by atoms with van der Waals surface area (Å²) in [6.45, 7) is 7.76. The summed E-state index contributed by atoms with van der Waals surface area (Å²) in [7, 11) is 0. The highest BCUT2D eigenvalue weighted by molar-refractivity contribution is 5.58. The minimum absolute atomic E-state index is 0.149. The number of ether oxygens (including phenoxy) is 2. The lowest BCUT2D eigenvalue weighted by molar-refractivity contribution is 0.138. The molecule has 0 amide bonds. The van der Waals surface area contributed by atoms with Gasteiger partial charge in [0.1, 0.15) is 11.9 Å². The van der Waals surface area contributed by atoms with Crippen LogP contribution in [-0.2, 0) is 4.74 Å². The van der Waals surface area contributed by atoms with E-state index in [1.165, 1.54) is 0 Å². The van der Waals surface area contributed by atoms with Crippen molar-refractivity contribution in [3.05, 3.63) is 35.2 Å². The molecule has 5 heteroatoms. The molecule has 2 rings (SSSR count). The van der Waals surface area contributed by atoms with Gasteiger partial charge in [-0.25, -0.2) is 13.6 Å². The fourth-order valence-electron chi connectivity index (χ4n) is 1.52. The average molecular weight is 225 g/mol. The molecule has 0 aliphatic carbocycles. The van der Waals surface area contributed by atoms with Crippen LogP contribution in [-0.4, -0.2) is 19.3 Å². The molecule has 0 radical (unpaired) electrons. The third-order valence-corrected chi connectivity index (χ3v) is 2.28. The van der Waals surface area contributed by atoms with Crippen LogP contribution in [0.1, 0.15) is 6.42 Å². The van der Waals surface area contributed by atoms with E-state index in [4.69, 9.17) is 16.0 Å². The van der Waals surface area contributed by atoms with E-state index in [9.17, 15) is 8.78 Å². The maximum Gasteiger partial charge on any atom is 0.234 e. The molecule has 1 atom stereocenters. The van der Waals surface area contributed by atoms with Gasteiger partial charge in [0.05, 0.1) is 19.8 Å². The van der Waals surface area contributed by atoms with Gasteiger partial charge in [0.25, 0.3) is 0 Å². The van der Waals surface area contributed by atoms with Crippen LogP contribution < -0.4 is 4.74 Å². The van der Waals surface area contributed by atoms with Crippen LogP contribution in [0.15, 0.2) is 12.1 Å². The number of halogens is 2. The smallest absolute Gasteiger partial charge is 0.234 e. The Kier molecular flexibility index (Phi) is 3.02. The molecule has 0 spiro atoms. The first-order valence-electron chi connectivity index (χ1n) is 4.81. The fourth-order valence-corrected chi connectivity index (χ4v) is 1.52. The number of nitrogens with zero attached hydrogens (tertiary/aromatic N) is 1. The Morgan fingerprint density at radius 1 is 1.44 bits per heavy atom. The largest absolute Gasteiger partial charge is 0.496 e. The number of rotatable bonds is 2. The van der Waals surface area contributed by atoms with Crippen molar-refractivity contribution in [2.24, 2.45) is 0 Å². The van der Waals surface area contributed by atoms with Crippen molar-refractivity contribution < 1.29 is 18.3 Å². The summed E-state index contributed by atoms with van der Waals surface area (Å²) >= 11 is 0. The van der Waals surface area contributed by atoms with Crippen molar-refractivity contribution in [1.82, 2.24) is 0 Å². The van der Waals surface area contributed by atoms with E-state index in [2.05, 4.69) is 4.85 Å². The molecule has 1 heterocycles. The Balaban J connectivity index is 2.28. The minimum atomic E-state index is -0.849. The lowest BCUT2D eigenvalue weighted by atomic mass is 10.2. The lowest BCUT2D eigenvalue weighted by Crippen LogP contribution is -2.16. The third-order valence-electron chi connectivity index (χ3n) is 2.28. The zero-order valence-electron chi connectivity index (χ0n) is 8.37. The first kappa shape index (κ1) is 10.8. The predicted molar refractivity (Wildman–Crippen MR) is 52.5 cm³/mol. The zero-order chi connectivity index (χ0) is 11.5. The molecular formula is C11H9F2NO2. The van der Waals surface area contributed by atoms with E-state index in [0.717, 1.165) is 6.07 Å². The van der Waals surface area contributed by atoms with Crippen molar-refractivity contribution in [3.8, 4) is 5.75 Å². The Morgan fingerprint density at radius 2 is 2.25 bits per heavy atom. The lowest BCUT2D eigenvalue weighted by Gasteiger charge is -2.13. The van der Waals surface area contributed by atoms with Crippen LogP contribution in [0.2, 0.25) is 0 Å². The zero-order valence-corrected chi connectivity index (χ0v) is 8.37. The van der Waals surface area contributed by atoms with Gasteiger partial charge in [-0.1, -0.05) is 0 Å². The van der Waals surface area contributed by atoms with E-state index in [0.29, 0.717) is 25.7 Å². The molecule has 1 aliphatic rings. The van der Waals surface area contributed by atoms with Gasteiger partial charge >= 0.3 is 0 Å². The minimum Gasteiger partial charge on any atom is -0.496 e. The molecule has 1 aliphatic heterocycles. The molecule has 1 fully saturated rings. The summed E-state index contributed by atoms with van der Waals surface area (Å²) in [5.41, 5.74) is -0.149. The maximum atomic E-state index is 13.4. The summed E-state index contributed by atoms with van der Waals surface area (Å²) in [5, 5.41) is 0. The standard InChI is InChI=1S/C11H9F2NO2/c1-14-10-5-7(12)4-9(13)11(10)16-8-2-3-15-6-8/h4-5,8H,2-3,6H2. The van der Waals surface area contributed by atoms with Crippen LogP contribution in [0.4, 0.5) is 14.5 Å². The maximum absolute atomic E-state index is 13.4. The highest BCUT2D eigenvalue weighted by atomic mass is 19.1. The molecule has 1 saturated heterocycles. The first-order chi connectivity index (χ1) is 7.70. The monoisotopic (exact) mass is 225 g/mol. The highest BCUT2D eigenvalue weighted by Gasteiger charge is 2.21. The van der Waals surface area contributed by atoms with Gasteiger partial charge in [-0.15, -0.1) is 0 Å². The summed E-state index contributed by atoms with van der Waals surface area (Å²) < 4.78 is 36.6. The van der Waals surface area contributed by atoms with Gasteiger partial charge in [0, 0.05) is 12.5 Å². The molecule has 84 valence electrons. The van der Waals surface area contributed by atoms with Gasteiger partial charge in [-0.3, -0.25) is 0 Å². The van der Waals surface area contributed by atoms with Crippen molar-refractivity contribution in [1.29, 1.82) is 0 Å². The molecule has 0 aromatic heterocycles. The fraction of sp³-hybridized carbons (Fsp3) is 0.364. The number of benzene rings is 1. The molecule has 0 N–H and O–H groups in total. The van der Waals surface area contributed by atoms with Crippen LogP contribution in [0.25, 0.3) is 4.85 Å². The molecule has 1 aromatic carbocycles. The van der Waals surface area contributed by atoms with Crippen molar-refractivity contribution >= 4 is 5.69 Å².